The van der Waals surface area contributed by atoms with E-state index in [4.69, 9.17) is 16.3 Å². The molecule has 2 heterocycles. The average Bonchev–Trinajstić information content (AvgIpc) is 3.05. The number of ether oxygens (including phenoxy) is 1. The van der Waals surface area contributed by atoms with Crippen LogP contribution in [0.1, 0.15) is 12.0 Å². The molecule has 0 saturated heterocycles. The highest BCUT2D eigenvalue weighted by Crippen LogP contribution is 2.29. The molecule has 0 unspecified atom stereocenters. The summed E-state index contributed by atoms with van der Waals surface area (Å²) in [6.45, 7) is 0. The van der Waals surface area contributed by atoms with E-state index < -0.39 is 34.5 Å². The van der Waals surface area contributed by atoms with Crippen LogP contribution in [0.5, 0.6) is 5.88 Å². The van der Waals surface area contributed by atoms with Crippen LogP contribution in [0.2, 0.25) is 5.02 Å². The van der Waals surface area contributed by atoms with E-state index >= 15 is 0 Å². The van der Waals surface area contributed by atoms with Gasteiger partial charge in [0.1, 0.15) is 4.90 Å². The van der Waals surface area contributed by atoms with Gasteiger partial charge in [-0.2, -0.15) is 4.98 Å². The first-order valence-corrected chi connectivity index (χ1v) is 9.88. The van der Waals surface area contributed by atoms with Crippen LogP contribution in [-0.2, 0) is 16.4 Å². The molecule has 0 spiro atoms. The average molecular weight is 434 g/mol. The first-order chi connectivity index (χ1) is 13.2. The Morgan fingerprint density at radius 1 is 1.32 bits per heavy atom. The number of halogens is 4. The van der Waals surface area contributed by atoms with Gasteiger partial charge in [0.25, 0.3) is 10.0 Å². The quantitative estimate of drug-likeness (QED) is 0.579. The molecule has 0 radical (unpaired) electrons. The lowest BCUT2D eigenvalue weighted by Crippen LogP contribution is -2.15. The minimum Gasteiger partial charge on any atom is -0.481 e. The van der Waals surface area contributed by atoms with Gasteiger partial charge in [-0.15, -0.1) is 0 Å². The van der Waals surface area contributed by atoms with Crippen molar-refractivity contribution >= 4 is 38.3 Å². The van der Waals surface area contributed by atoms with Crippen LogP contribution in [0.25, 0.3) is 10.9 Å². The van der Waals surface area contributed by atoms with E-state index in [1.54, 1.807) is 6.07 Å². The van der Waals surface area contributed by atoms with Gasteiger partial charge in [0.15, 0.2) is 11.6 Å². The number of hydrogen-bond donors (Lipinski definition) is 2. The topological polar surface area (TPSA) is 84.1 Å². The number of methoxy groups -OCH3 is 1. The molecule has 0 fully saturated rings. The highest BCUT2D eigenvalue weighted by molar-refractivity contribution is 7.93. The Kier molecular flexibility index (Phi) is 5.71. The van der Waals surface area contributed by atoms with Crippen molar-refractivity contribution in [1.29, 1.82) is 0 Å². The maximum atomic E-state index is 14.4. The standard InChI is InChI=1S/C17H15ClF3N3O3S/c1-27-17-9(2-5-15(20)21)6-12(19)16(23-17)24-28(25,26)14-8-22-13-7-10(18)3-4-11(13)14/h3-4,6-8,15,22H,2,5H2,1H3,(H,23,24). The number of nitrogens with one attached hydrogen (secondary N) is 2. The van der Waals surface area contributed by atoms with E-state index in [1.165, 1.54) is 25.4 Å². The Bertz CT molecular complexity index is 1120. The van der Waals surface area contributed by atoms with Crippen molar-refractivity contribution in [3.05, 3.63) is 46.9 Å². The predicted molar refractivity (Wildman–Crippen MR) is 99.2 cm³/mol. The number of anilines is 1. The molecule has 150 valence electrons. The molecule has 0 aliphatic carbocycles. The van der Waals surface area contributed by atoms with E-state index in [-0.39, 0.29) is 22.8 Å². The smallest absolute Gasteiger partial charge is 0.265 e. The zero-order valence-corrected chi connectivity index (χ0v) is 16.0. The molecule has 3 rings (SSSR count). The summed E-state index contributed by atoms with van der Waals surface area (Å²) in [7, 11) is -2.97. The maximum absolute atomic E-state index is 14.4. The molecular formula is C17H15ClF3N3O3S. The summed E-state index contributed by atoms with van der Waals surface area (Å²) in [5.41, 5.74) is 0.603. The van der Waals surface area contributed by atoms with Crippen molar-refractivity contribution in [3.8, 4) is 5.88 Å². The van der Waals surface area contributed by atoms with Crippen molar-refractivity contribution in [2.75, 3.05) is 11.8 Å². The van der Waals surface area contributed by atoms with Crippen LogP contribution in [0, 0.1) is 5.82 Å². The summed E-state index contributed by atoms with van der Waals surface area (Å²) in [5, 5.41) is 0.779. The van der Waals surface area contributed by atoms with Gasteiger partial charge >= 0.3 is 0 Å². The van der Waals surface area contributed by atoms with Crippen molar-refractivity contribution in [2.45, 2.75) is 24.2 Å². The molecule has 0 amide bonds. The Morgan fingerprint density at radius 2 is 2.07 bits per heavy atom. The van der Waals surface area contributed by atoms with Crippen molar-refractivity contribution in [2.24, 2.45) is 0 Å². The number of fused-ring (bicyclic) bond motifs is 1. The fourth-order valence-corrected chi connectivity index (χ4v) is 4.04. The molecule has 0 aliphatic heterocycles. The molecule has 0 saturated carbocycles. The van der Waals surface area contributed by atoms with Crippen LogP contribution in [-0.4, -0.2) is 31.9 Å². The summed E-state index contributed by atoms with van der Waals surface area (Å²) in [6, 6.07) is 5.52. The fourth-order valence-electron chi connectivity index (χ4n) is 2.68. The van der Waals surface area contributed by atoms with E-state index in [0.29, 0.717) is 15.9 Å². The number of benzene rings is 1. The molecule has 2 aromatic heterocycles. The van der Waals surface area contributed by atoms with Gasteiger partial charge in [-0.05, 0) is 30.7 Å². The first-order valence-electron chi connectivity index (χ1n) is 8.02. The Morgan fingerprint density at radius 3 is 2.75 bits per heavy atom. The van der Waals surface area contributed by atoms with Crippen LogP contribution in [0.3, 0.4) is 0 Å². The monoisotopic (exact) mass is 433 g/mol. The van der Waals surface area contributed by atoms with Crippen molar-refractivity contribution < 1.29 is 26.3 Å². The number of sulfonamides is 1. The second-order valence-electron chi connectivity index (χ2n) is 5.87. The van der Waals surface area contributed by atoms with E-state index in [1.807, 2.05) is 0 Å². The molecule has 1 aromatic carbocycles. The third-order valence-electron chi connectivity index (χ3n) is 3.97. The normalized spacial score (nSPS) is 11.9. The SMILES string of the molecule is COc1nc(NS(=O)(=O)c2c[nH]c3cc(Cl)ccc23)c(F)cc1CCC(F)F. The molecule has 6 nitrogen and oxygen atoms in total. The maximum Gasteiger partial charge on any atom is 0.265 e. The van der Waals surface area contributed by atoms with Gasteiger partial charge in [-0.25, -0.2) is 21.6 Å². The summed E-state index contributed by atoms with van der Waals surface area (Å²) in [6.07, 6.45) is -1.99. The minimum atomic E-state index is -4.20. The highest BCUT2D eigenvalue weighted by atomic mass is 35.5. The largest absolute Gasteiger partial charge is 0.481 e. The lowest BCUT2D eigenvalue weighted by molar-refractivity contribution is 0.137. The second-order valence-corrected chi connectivity index (χ2v) is 7.95. The third-order valence-corrected chi connectivity index (χ3v) is 5.58. The zero-order valence-electron chi connectivity index (χ0n) is 14.5. The van der Waals surface area contributed by atoms with Crippen LogP contribution >= 0.6 is 11.6 Å². The number of alkyl halides is 2. The molecule has 28 heavy (non-hydrogen) atoms. The van der Waals surface area contributed by atoms with Gasteiger partial charge in [0.05, 0.1) is 7.11 Å². The number of H-pyrrole nitrogens is 1. The number of rotatable bonds is 7. The fraction of sp³-hybridized carbons (Fsp3) is 0.235. The summed E-state index contributed by atoms with van der Waals surface area (Å²) in [5.74, 6) is -1.73. The molecule has 0 aliphatic rings. The van der Waals surface area contributed by atoms with E-state index in [2.05, 4.69) is 14.7 Å². The summed E-state index contributed by atoms with van der Waals surface area (Å²) < 4.78 is 71.6. The number of aromatic nitrogens is 2. The number of nitrogens with zero attached hydrogens (tertiary/aromatic N) is 1. The van der Waals surface area contributed by atoms with Gasteiger partial charge in [-0.3, -0.25) is 4.72 Å². The summed E-state index contributed by atoms with van der Waals surface area (Å²) >= 11 is 5.88. The lowest BCUT2D eigenvalue weighted by Gasteiger charge is -2.12. The Balaban J connectivity index is 1.95. The van der Waals surface area contributed by atoms with Gasteiger partial charge in [0, 0.05) is 34.1 Å². The van der Waals surface area contributed by atoms with Crippen LogP contribution < -0.4 is 9.46 Å². The van der Waals surface area contributed by atoms with Crippen molar-refractivity contribution in [3.63, 3.8) is 0 Å². The van der Waals surface area contributed by atoms with Gasteiger partial charge in [-0.1, -0.05) is 11.6 Å². The molecular weight excluding hydrogens is 419 g/mol. The number of aromatic amines is 1. The molecule has 3 aromatic rings. The first kappa shape index (κ1) is 20.3. The van der Waals surface area contributed by atoms with Gasteiger partial charge in [0.2, 0.25) is 12.3 Å². The Hall–Kier alpha value is -2.46. The zero-order chi connectivity index (χ0) is 20.5. The van der Waals surface area contributed by atoms with Crippen LogP contribution in [0.15, 0.2) is 35.4 Å². The molecule has 0 bridgehead atoms. The third kappa shape index (κ3) is 4.17. The highest BCUT2D eigenvalue weighted by Gasteiger charge is 2.23. The molecule has 11 heteroatoms. The minimum absolute atomic E-state index is 0.116. The van der Waals surface area contributed by atoms with Crippen molar-refractivity contribution in [1.82, 2.24) is 9.97 Å². The van der Waals surface area contributed by atoms with E-state index in [9.17, 15) is 21.6 Å². The van der Waals surface area contributed by atoms with E-state index in [0.717, 1.165) is 6.07 Å². The number of hydrogen-bond acceptors (Lipinski definition) is 4. The second kappa shape index (κ2) is 7.88. The summed E-state index contributed by atoms with van der Waals surface area (Å²) in [4.78, 5) is 6.45. The number of pyridine rings is 1. The van der Waals surface area contributed by atoms with Crippen LogP contribution in [0.4, 0.5) is 19.0 Å². The number of aryl methyl sites for hydroxylation is 1. The lowest BCUT2D eigenvalue weighted by atomic mass is 10.1. The molecule has 0 atom stereocenters. The predicted octanol–water partition coefficient (Wildman–Crippen LogP) is 4.36. The molecule has 2 N–H and O–H groups in total. The Labute approximate surface area is 163 Å². The van der Waals surface area contributed by atoms with Gasteiger partial charge < -0.3 is 9.72 Å².